The standard InChI is InChI=1S/C15H19N3O3/c1-15(2,3)18-8-7-17-13(14(18)19)21-11-6-5-10(16)9-12(11)20-4/h5-9H,16H2,1-4H3. The van der Waals surface area contributed by atoms with Crippen LogP contribution >= 0.6 is 0 Å². The fourth-order valence-corrected chi connectivity index (χ4v) is 1.86. The lowest BCUT2D eigenvalue weighted by molar-refractivity contribution is 0.349. The molecule has 0 fully saturated rings. The van der Waals surface area contributed by atoms with Crippen LogP contribution in [-0.2, 0) is 5.54 Å². The van der Waals surface area contributed by atoms with Crippen molar-refractivity contribution in [2.75, 3.05) is 12.8 Å². The van der Waals surface area contributed by atoms with Crippen LogP contribution in [0.4, 0.5) is 5.69 Å². The van der Waals surface area contributed by atoms with Crippen LogP contribution in [0.2, 0.25) is 0 Å². The van der Waals surface area contributed by atoms with Crippen molar-refractivity contribution in [3.63, 3.8) is 0 Å². The number of aromatic nitrogens is 2. The molecule has 1 aromatic heterocycles. The molecule has 1 aromatic carbocycles. The first kappa shape index (κ1) is 14.9. The Morgan fingerprint density at radius 3 is 2.57 bits per heavy atom. The quantitative estimate of drug-likeness (QED) is 0.878. The monoisotopic (exact) mass is 289 g/mol. The highest BCUT2D eigenvalue weighted by Gasteiger charge is 2.18. The Morgan fingerprint density at radius 2 is 1.95 bits per heavy atom. The second kappa shape index (κ2) is 5.47. The van der Waals surface area contributed by atoms with Crippen molar-refractivity contribution in [2.45, 2.75) is 26.3 Å². The predicted molar refractivity (Wildman–Crippen MR) is 81.0 cm³/mol. The Balaban J connectivity index is 2.44. The van der Waals surface area contributed by atoms with E-state index in [-0.39, 0.29) is 17.0 Å². The largest absolute Gasteiger partial charge is 0.493 e. The van der Waals surface area contributed by atoms with Crippen molar-refractivity contribution in [2.24, 2.45) is 0 Å². The average molecular weight is 289 g/mol. The molecule has 21 heavy (non-hydrogen) atoms. The summed E-state index contributed by atoms with van der Waals surface area (Å²) in [5.41, 5.74) is 5.58. The third kappa shape index (κ3) is 3.16. The van der Waals surface area contributed by atoms with Gasteiger partial charge in [-0.1, -0.05) is 0 Å². The Morgan fingerprint density at radius 1 is 1.24 bits per heavy atom. The van der Waals surface area contributed by atoms with Gasteiger partial charge in [-0.15, -0.1) is 0 Å². The van der Waals surface area contributed by atoms with Gasteiger partial charge in [0, 0.05) is 29.7 Å². The highest BCUT2D eigenvalue weighted by Crippen LogP contribution is 2.31. The van der Waals surface area contributed by atoms with Gasteiger partial charge in [-0.25, -0.2) is 4.98 Å². The van der Waals surface area contributed by atoms with Gasteiger partial charge in [0.15, 0.2) is 11.5 Å². The van der Waals surface area contributed by atoms with Crippen molar-refractivity contribution in [1.29, 1.82) is 0 Å². The van der Waals surface area contributed by atoms with Crippen LogP contribution < -0.4 is 20.8 Å². The van der Waals surface area contributed by atoms with Gasteiger partial charge in [-0.3, -0.25) is 4.79 Å². The summed E-state index contributed by atoms with van der Waals surface area (Å²) < 4.78 is 12.4. The van der Waals surface area contributed by atoms with Crippen LogP contribution in [0, 0.1) is 0 Å². The summed E-state index contributed by atoms with van der Waals surface area (Å²) in [6, 6.07) is 4.94. The lowest BCUT2D eigenvalue weighted by atomic mass is 10.1. The highest BCUT2D eigenvalue weighted by molar-refractivity contribution is 5.52. The predicted octanol–water partition coefficient (Wildman–Crippen LogP) is 2.38. The minimum atomic E-state index is -0.358. The maximum Gasteiger partial charge on any atom is 0.314 e. The molecule has 0 aliphatic rings. The molecule has 0 bridgehead atoms. The number of nitrogen functional groups attached to an aromatic ring is 1. The van der Waals surface area contributed by atoms with Gasteiger partial charge in [-0.05, 0) is 32.9 Å². The zero-order valence-electron chi connectivity index (χ0n) is 12.6. The van der Waals surface area contributed by atoms with Crippen LogP contribution in [0.25, 0.3) is 0 Å². The van der Waals surface area contributed by atoms with E-state index in [9.17, 15) is 4.79 Å². The highest BCUT2D eigenvalue weighted by atomic mass is 16.5. The van der Waals surface area contributed by atoms with Gasteiger partial charge in [0.1, 0.15) is 0 Å². The summed E-state index contributed by atoms with van der Waals surface area (Å²) >= 11 is 0. The van der Waals surface area contributed by atoms with Crippen molar-refractivity contribution >= 4 is 5.69 Å². The number of ether oxygens (including phenoxy) is 2. The zero-order valence-corrected chi connectivity index (χ0v) is 12.6. The number of rotatable bonds is 3. The third-order valence-electron chi connectivity index (χ3n) is 2.93. The summed E-state index contributed by atoms with van der Waals surface area (Å²) in [5, 5.41) is 0. The molecule has 2 aromatic rings. The molecule has 0 saturated heterocycles. The smallest absolute Gasteiger partial charge is 0.314 e. The molecule has 2 rings (SSSR count). The SMILES string of the molecule is COc1cc(N)ccc1Oc1nccn(C(C)(C)C)c1=O. The number of benzene rings is 1. The van der Waals surface area contributed by atoms with Crippen LogP contribution in [0.5, 0.6) is 17.4 Å². The van der Waals surface area contributed by atoms with E-state index in [1.54, 1.807) is 29.0 Å². The Hall–Kier alpha value is -2.50. The van der Waals surface area contributed by atoms with Gasteiger partial charge >= 0.3 is 5.56 Å². The van der Waals surface area contributed by atoms with E-state index < -0.39 is 0 Å². The molecule has 0 saturated carbocycles. The third-order valence-corrected chi connectivity index (χ3v) is 2.93. The fourth-order valence-electron chi connectivity index (χ4n) is 1.86. The molecule has 2 N–H and O–H groups in total. The first-order chi connectivity index (χ1) is 9.82. The van der Waals surface area contributed by atoms with E-state index >= 15 is 0 Å². The number of methoxy groups -OCH3 is 1. The molecule has 0 unspecified atom stereocenters. The van der Waals surface area contributed by atoms with E-state index in [0.29, 0.717) is 17.2 Å². The normalized spacial score (nSPS) is 11.2. The average Bonchev–Trinajstić information content (AvgIpc) is 2.41. The molecular formula is C15H19N3O3. The molecule has 1 heterocycles. The fraction of sp³-hybridized carbons (Fsp3) is 0.333. The maximum absolute atomic E-state index is 12.4. The number of nitrogens with two attached hydrogens (primary N) is 1. The number of nitrogens with zero attached hydrogens (tertiary/aromatic N) is 2. The molecule has 0 aliphatic heterocycles. The molecular weight excluding hydrogens is 270 g/mol. The van der Waals surface area contributed by atoms with Gasteiger partial charge < -0.3 is 19.8 Å². The lowest BCUT2D eigenvalue weighted by Gasteiger charge is -2.22. The van der Waals surface area contributed by atoms with Gasteiger partial charge in [0.2, 0.25) is 0 Å². The van der Waals surface area contributed by atoms with E-state index in [0.717, 1.165) is 0 Å². The van der Waals surface area contributed by atoms with Crippen LogP contribution in [-0.4, -0.2) is 16.7 Å². The zero-order chi connectivity index (χ0) is 15.6. The van der Waals surface area contributed by atoms with Gasteiger partial charge in [0.25, 0.3) is 5.88 Å². The van der Waals surface area contributed by atoms with Crippen LogP contribution in [0.3, 0.4) is 0 Å². The molecule has 0 spiro atoms. The van der Waals surface area contributed by atoms with Crippen LogP contribution in [0.1, 0.15) is 20.8 Å². The minimum absolute atomic E-state index is 0.00417. The summed E-state index contributed by atoms with van der Waals surface area (Å²) in [4.78, 5) is 16.4. The number of hydrogen-bond acceptors (Lipinski definition) is 5. The molecule has 112 valence electrons. The molecule has 6 nitrogen and oxygen atoms in total. The second-order valence-corrected chi connectivity index (χ2v) is 5.59. The number of hydrogen-bond donors (Lipinski definition) is 1. The Bertz CT molecular complexity index is 702. The first-order valence-electron chi connectivity index (χ1n) is 6.52. The summed E-state index contributed by atoms with van der Waals surface area (Å²) in [6.07, 6.45) is 3.17. The van der Waals surface area contributed by atoms with Crippen molar-refractivity contribution < 1.29 is 9.47 Å². The molecule has 0 aliphatic carbocycles. The molecule has 6 heteroatoms. The maximum atomic E-state index is 12.4. The van der Waals surface area contributed by atoms with E-state index in [2.05, 4.69) is 4.98 Å². The topological polar surface area (TPSA) is 79.4 Å². The van der Waals surface area contributed by atoms with E-state index in [4.69, 9.17) is 15.2 Å². The molecule has 0 amide bonds. The summed E-state index contributed by atoms with van der Waals surface area (Å²) in [7, 11) is 1.51. The van der Waals surface area contributed by atoms with Crippen molar-refractivity contribution in [3.8, 4) is 17.4 Å². The van der Waals surface area contributed by atoms with Crippen molar-refractivity contribution in [3.05, 3.63) is 40.9 Å². The van der Waals surface area contributed by atoms with Gasteiger partial charge in [-0.2, -0.15) is 0 Å². The lowest BCUT2D eigenvalue weighted by Crippen LogP contribution is -2.34. The summed E-state index contributed by atoms with van der Waals surface area (Å²) in [5.74, 6) is 0.834. The molecule has 0 atom stereocenters. The first-order valence-corrected chi connectivity index (χ1v) is 6.52. The number of anilines is 1. The Kier molecular flexibility index (Phi) is 3.88. The molecule has 0 radical (unpaired) electrons. The summed E-state index contributed by atoms with van der Waals surface area (Å²) in [6.45, 7) is 5.80. The second-order valence-electron chi connectivity index (χ2n) is 5.59. The van der Waals surface area contributed by atoms with Crippen LogP contribution in [0.15, 0.2) is 35.4 Å². The van der Waals surface area contributed by atoms with E-state index in [1.807, 2.05) is 20.8 Å². The van der Waals surface area contributed by atoms with Crippen molar-refractivity contribution in [1.82, 2.24) is 9.55 Å². The minimum Gasteiger partial charge on any atom is -0.493 e. The van der Waals surface area contributed by atoms with E-state index in [1.165, 1.54) is 13.3 Å². The Labute approximate surface area is 123 Å². The van der Waals surface area contributed by atoms with Gasteiger partial charge in [0.05, 0.1) is 7.11 Å².